The highest BCUT2D eigenvalue weighted by molar-refractivity contribution is 9.10. The Morgan fingerprint density at radius 2 is 1.00 bits per heavy atom. The van der Waals surface area contributed by atoms with E-state index in [9.17, 15) is 0 Å². The molecule has 0 saturated heterocycles. The highest BCUT2D eigenvalue weighted by atomic mass is 79.9. The van der Waals surface area contributed by atoms with Crippen LogP contribution in [0.3, 0.4) is 0 Å². The van der Waals surface area contributed by atoms with Crippen LogP contribution in [-0.4, -0.2) is 0 Å². The van der Waals surface area contributed by atoms with E-state index in [4.69, 9.17) is 0 Å². The van der Waals surface area contributed by atoms with Crippen molar-refractivity contribution in [2.24, 2.45) is 0 Å². The first-order valence-electron chi connectivity index (χ1n) is 7.85. The molecule has 3 aromatic rings. The van der Waals surface area contributed by atoms with Crippen LogP contribution in [0.1, 0.15) is 16.7 Å². The Morgan fingerprint density at radius 1 is 0.583 bits per heavy atom. The lowest BCUT2D eigenvalue weighted by Gasteiger charge is -2.26. The van der Waals surface area contributed by atoms with Crippen LogP contribution in [0.5, 0.6) is 0 Å². The Hall–Kier alpha value is -1.58. The third-order valence-corrected chi connectivity index (χ3v) is 5.87. The molecule has 0 heterocycles. The molecule has 0 N–H and O–H groups in total. The minimum atomic E-state index is 1.13. The quantitative estimate of drug-likeness (QED) is 0.401. The zero-order valence-electron chi connectivity index (χ0n) is 14.0. The predicted octanol–water partition coefficient (Wildman–Crippen LogP) is 7.61. The first-order valence-corrected chi connectivity index (χ1v) is 9.43. The van der Waals surface area contributed by atoms with Crippen molar-refractivity contribution in [1.29, 1.82) is 0 Å². The monoisotopic (exact) mass is 443 g/mol. The van der Waals surface area contributed by atoms with Gasteiger partial charge in [-0.15, -0.1) is 0 Å². The number of halogens is 2. The molecule has 3 heteroatoms. The molecule has 3 rings (SSSR count). The van der Waals surface area contributed by atoms with E-state index >= 15 is 0 Å². The van der Waals surface area contributed by atoms with E-state index in [-0.39, 0.29) is 0 Å². The van der Waals surface area contributed by atoms with Gasteiger partial charge >= 0.3 is 0 Å². The molecule has 0 saturated carbocycles. The molecular weight excluding hydrogens is 426 g/mol. The van der Waals surface area contributed by atoms with E-state index in [1.165, 1.54) is 16.7 Å². The van der Waals surface area contributed by atoms with Gasteiger partial charge in [-0.05, 0) is 80.4 Å². The van der Waals surface area contributed by atoms with Gasteiger partial charge in [0.05, 0.1) is 0 Å². The molecular formula is C21H19Br2N. The number of aryl methyl sites for hydroxylation is 3. The Morgan fingerprint density at radius 3 is 1.42 bits per heavy atom. The van der Waals surface area contributed by atoms with Crippen molar-refractivity contribution in [3.05, 3.63) is 86.3 Å². The fourth-order valence-electron chi connectivity index (χ4n) is 2.68. The predicted molar refractivity (Wildman–Crippen MR) is 111 cm³/mol. The molecule has 0 radical (unpaired) electrons. The fourth-order valence-corrected chi connectivity index (χ4v) is 3.17. The molecule has 3 aromatic carbocycles. The number of hydrogen-bond donors (Lipinski definition) is 0. The lowest BCUT2D eigenvalue weighted by molar-refractivity contribution is 1.25. The van der Waals surface area contributed by atoms with Crippen LogP contribution in [0.4, 0.5) is 17.1 Å². The van der Waals surface area contributed by atoms with Gasteiger partial charge in [-0.25, -0.2) is 0 Å². The largest absolute Gasteiger partial charge is 0.310 e. The Balaban J connectivity index is 2.17. The minimum absolute atomic E-state index is 1.13. The summed E-state index contributed by atoms with van der Waals surface area (Å²) in [5.74, 6) is 0. The normalized spacial score (nSPS) is 10.7. The number of rotatable bonds is 3. The third-order valence-electron chi connectivity index (χ3n) is 4.09. The standard InChI is InChI=1S/C21H19Br2N/c1-14-4-6-17(7-5-14)24(18-8-10-20(22)15(2)12-18)19-9-11-21(23)16(3)13-19/h4-13H,1-3H3. The highest BCUT2D eigenvalue weighted by Gasteiger charge is 2.14. The van der Waals surface area contributed by atoms with Crippen molar-refractivity contribution in [3.63, 3.8) is 0 Å². The van der Waals surface area contributed by atoms with Crippen LogP contribution < -0.4 is 4.90 Å². The first-order chi connectivity index (χ1) is 11.5. The Kier molecular flexibility index (Phi) is 5.12. The molecule has 1 nitrogen and oxygen atoms in total. The lowest BCUT2D eigenvalue weighted by Crippen LogP contribution is -2.10. The van der Waals surface area contributed by atoms with Gasteiger partial charge in [0.15, 0.2) is 0 Å². The second-order valence-corrected chi connectivity index (χ2v) is 7.75. The smallest absolute Gasteiger partial charge is 0.0465 e. The molecule has 0 aliphatic carbocycles. The summed E-state index contributed by atoms with van der Waals surface area (Å²) in [6, 6.07) is 21.6. The average molecular weight is 445 g/mol. The zero-order chi connectivity index (χ0) is 17.3. The number of hydrogen-bond acceptors (Lipinski definition) is 1. The summed E-state index contributed by atoms with van der Waals surface area (Å²) in [6.07, 6.45) is 0. The summed E-state index contributed by atoms with van der Waals surface area (Å²) in [7, 11) is 0. The molecule has 0 fully saturated rings. The number of benzene rings is 3. The lowest BCUT2D eigenvalue weighted by atomic mass is 10.1. The Labute approximate surface area is 160 Å². The zero-order valence-corrected chi connectivity index (χ0v) is 17.1. The van der Waals surface area contributed by atoms with Crippen LogP contribution in [0.2, 0.25) is 0 Å². The molecule has 24 heavy (non-hydrogen) atoms. The second kappa shape index (κ2) is 7.12. The molecule has 0 spiro atoms. The van der Waals surface area contributed by atoms with Gasteiger partial charge in [-0.3, -0.25) is 0 Å². The van der Waals surface area contributed by atoms with Gasteiger partial charge in [0.25, 0.3) is 0 Å². The van der Waals surface area contributed by atoms with Crippen LogP contribution >= 0.6 is 31.9 Å². The van der Waals surface area contributed by atoms with E-state index < -0.39 is 0 Å². The van der Waals surface area contributed by atoms with Gasteiger partial charge in [0.1, 0.15) is 0 Å². The van der Waals surface area contributed by atoms with Crippen LogP contribution in [-0.2, 0) is 0 Å². The van der Waals surface area contributed by atoms with Gasteiger partial charge in [0.2, 0.25) is 0 Å². The molecule has 0 bridgehead atoms. The van der Waals surface area contributed by atoms with Crippen LogP contribution in [0.25, 0.3) is 0 Å². The molecule has 0 amide bonds. The molecule has 0 aliphatic heterocycles. The summed E-state index contributed by atoms with van der Waals surface area (Å²) >= 11 is 7.19. The number of nitrogens with zero attached hydrogens (tertiary/aromatic N) is 1. The molecule has 0 atom stereocenters. The number of anilines is 3. The van der Waals surface area contributed by atoms with E-state index in [1.807, 2.05) is 0 Å². The summed E-state index contributed by atoms with van der Waals surface area (Å²) in [5, 5.41) is 0. The van der Waals surface area contributed by atoms with Gasteiger partial charge in [-0.2, -0.15) is 0 Å². The van der Waals surface area contributed by atoms with Gasteiger partial charge in [-0.1, -0.05) is 49.6 Å². The van der Waals surface area contributed by atoms with Crippen LogP contribution in [0, 0.1) is 20.8 Å². The van der Waals surface area contributed by atoms with E-state index in [2.05, 4.69) is 118 Å². The fraction of sp³-hybridized carbons (Fsp3) is 0.143. The van der Waals surface area contributed by atoms with Gasteiger partial charge < -0.3 is 4.90 Å². The van der Waals surface area contributed by atoms with Crippen molar-refractivity contribution in [2.45, 2.75) is 20.8 Å². The highest BCUT2D eigenvalue weighted by Crippen LogP contribution is 2.37. The van der Waals surface area contributed by atoms with Gasteiger partial charge in [0, 0.05) is 26.0 Å². The van der Waals surface area contributed by atoms with E-state index in [0.29, 0.717) is 0 Å². The van der Waals surface area contributed by atoms with E-state index in [1.54, 1.807) is 0 Å². The molecule has 0 unspecified atom stereocenters. The van der Waals surface area contributed by atoms with Crippen molar-refractivity contribution >= 4 is 48.9 Å². The maximum atomic E-state index is 3.60. The summed E-state index contributed by atoms with van der Waals surface area (Å²) < 4.78 is 2.25. The molecule has 0 aromatic heterocycles. The summed E-state index contributed by atoms with van der Waals surface area (Å²) in [4.78, 5) is 2.29. The SMILES string of the molecule is Cc1ccc(N(c2ccc(Br)c(C)c2)c2ccc(Br)c(C)c2)cc1. The maximum Gasteiger partial charge on any atom is 0.0465 e. The first kappa shape index (κ1) is 17.2. The topological polar surface area (TPSA) is 3.24 Å². The summed E-state index contributed by atoms with van der Waals surface area (Å²) in [5.41, 5.74) is 7.17. The minimum Gasteiger partial charge on any atom is -0.310 e. The second-order valence-electron chi connectivity index (χ2n) is 6.04. The Bertz CT molecular complexity index is 818. The van der Waals surface area contributed by atoms with Crippen molar-refractivity contribution < 1.29 is 0 Å². The summed E-state index contributed by atoms with van der Waals surface area (Å²) in [6.45, 7) is 6.35. The van der Waals surface area contributed by atoms with Crippen molar-refractivity contribution in [2.75, 3.05) is 4.90 Å². The third kappa shape index (κ3) is 3.57. The average Bonchev–Trinajstić information content (AvgIpc) is 2.56. The van der Waals surface area contributed by atoms with Crippen LogP contribution in [0.15, 0.2) is 69.6 Å². The van der Waals surface area contributed by atoms with E-state index in [0.717, 1.165) is 26.0 Å². The molecule has 0 aliphatic rings. The van der Waals surface area contributed by atoms with Crippen molar-refractivity contribution in [3.8, 4) is 0 Å². The maximum absolute atomic E-state index is 3.60. The van der Waals surface area contributed by atoms with Crippen molar-refractivity contribution in [1.82, 2.24) is 0 Å². The molecule has 122 valence electrons.